The van der Waals surface area contributed by atoms with E-state index >= 15 is 0 Å². The number of anilines is 1. The van der Waals surface area contributed by atoms with Crippen molar-refractivity contribution in [2.24, 2.45) is 23.5 Å². The molecule has 0 radical (unpaired) electrons. The van der Waals surface area contributed by atoms with Gasteiger partial charge in [0, 0.05) is 82.6 Å². The lowest BCUT2D eigenvalue weighted by Gasteiger charge is -2.39. The van der Waals surface area contributed by atoms with Gasteiger partial charge in [0.15, 0.2) is 6.10 Å². The molecule has 0 saturated carbocycles. The Hall–Kier alpha value is -8.36. The maximum Gasteiger partial charge on any atom is 0.410 e. The third kappa shape index (κ3) is 22.1. The summed E-state index contributed by atoms with van der Waals surface area (Å²) < 4.78 is 35.0. The molecule has 2 saturated heterocycles. The van der Waals surface area contributed by atoms with E-state index in [1.807, 2.05) is 69.3 Å². The number of alkyl carbamates (subject to hydrolysis) is 2. The van der Waals surface area contributed by atoms with Gasteiger partial charge in [-0.1, -0.05) is 120 Å². The van der Waals surface area contributed by atoms with Crippen LogP contribution in [-0.2, 0) is 54.2 Å². The highest BCUT2D eigenvalue weighted by molar-refractivity contribution is 5.98. The second kappa shape index (κ2) is 35.1. The van der Waals surface area contributed by atoms with Crippen LogP contribution in [0.2, 0.25) is 0 Å². The van der Waals surface area contributed by atoms with Crippen LogP contribution in [0.4, 0.5) is 24.9 Å². The number of carbonyl (C=O) groups excluding carboxylic acids is 8. The SMILES string of the molecule is CC[C@H](O)[C@@H](C)[C@H]1O[C@@H]1C[C@@](C)(O)/C=C/C=C(\C)[C@H]1OC(=O)C[C@H](O)CC[C@@](C)(OC(C)=O)[C@@H](OC(=O)N2CCN(CCNC(=O)OCc3ccc(NC(=O)[C@H](CCCNC(N)=O)NC(=O)[C@@H](NC(=O)OCC4c5ccccc5-c5ccccc54)C(C)C)cc3)CC2)/C=C/[C@@H]1C. The number of hydrogen-bond donors (Lipinski definition) is 9. The Balaban J connectivity index is 0.864. The van der Waals surface area contributed by atoms with Crippen molar-refractivity contribution in [3.63, 3.8) is 0 Å². The number of rotatable bonds is 27. The Bertz CT molecular complexity index is 3210. The molecule has 25 nitrogen and oxygen atoms in total. The number of epoxide rings is 1. The van der Waals surface area contributed by atoms with Crippen molar-refractivity contribution in [3.8, 4) is 11.1 Å². The molecule has 96 heavy (non-hydrogen) atoms. The first-order chi connectivity index (χ1) is 45.6. The first-order valence-electron chi connectivity index (χ1n) is 33.2. The maximum absolute atomic E-state index is 14.0. The lowest BCUT2D eigenvalue weighted by atomic mass is 9.88. The summed E-state index contributed by atoms with van der Waals surface area (Å²) in [5.74, 6) is -3.63. The molecule has 12 atom stereocenters. The normalized spacial score (nSPS) is 23.7. The summed E-state index contributed by atoms with van der Waals surface area (Å²) >= 11 is 0. The maximum atomic E-state index is 14.0. The molecule has 2 fully saturated rings. The minimum atomic E-state index is -1.45. The van der Waals surface area contributed by atoms with Crippen LogP contribution in [0.3, 0.4) is 0 Å². The number of piperazine rings is 1. The highest BCUT2D eigenvalue weighted by Crippen LogP contribution is 2.45. The van der Waals surface area contributed by atoms with E-state index < -0.39 is 108 Å². The van der Waals surface area contributed by atoms with Gasteiger partial charge in [-0.05, 0) is 110 Å². The number of aliphatic hydroxyl groups is 3. The quantitative estimate of drug-likeness (QED) is 0.00905. The van der Waals surface area contributed by atoms with Gasteiger partial charge in [0.05, 0.1) is 36.4 Å². The Morgan fingerprint density at radius 2 is 1.53 bits per heavy atom. The molecule has 3 heterocycles. The summed E-state index contributed by atoms with van der Waals surface area (Å²) in [5.41, 5.74) is 8.40. The Kier molecular flexibility index (Phi) is 27.4. The molecule has 0 bridgehead atoms. The van der Waals surface area contributed by atoms with Crippen molar-refractivity contribution in [1.29, 1.82) is 0 Å². The predicted octanol–water partition coefficient (Wildman–Crippen LogP) is 7.26. The van der Waals surface area contributed by atoms with Gasteiger partial charge < -0.3 is 81.0 Å². The van der Waals surface area contributed by atoms with E-state index in [-0.39, 0.29) is 95.5 Å². The fraction of sp³-hybridized carbons (Fsp3) is 0.549. The van der Waals surface area contributed by atoms with E-state index in [0.29, 0.717) is 49.3 Å². The monoisotopic (exact) mass is 1330 g/mol. The number of nitrogens with zero attached hydrogens (tertiary/aromatic N) is 2. The van der Waals surface area contributed by atoms with Crippen molar-refractivity contribution in [1.82, 2.24) is 31.1 Å². The van der Waals surface area contributed by atoms with Gasteiger partial charge in [-0.2, -0.15) is 0 Å². The van der Waals surface area contributed by atoms with E-state index in [2.05, 4.69) is 31.5 Å². The van der Waals surface area contributed by atoms with Gasteiger partial charge in [-0.3, -0.25) is 24.1 Å². The number of hydrogen-bond acceptors (Lipinski definition) is 18. The number of cyclic esters (lactones) is 1. The summed E-state index contributed by atoms with van der Waals surface area (Å²) in [5, 5.41) is 46.1. The van der Waals surface area contributed by atoms with E-state index in [1.54, 1.807) is 89.3 Å². The molecule has 3 aromatic carbocycles. The number of nitrogens with one attached hydrogen (secondary N) is 5. The van der Waals surface area contributed by atoms with E-state index in [4.69, 9.17) is 34.2 Å². The standard InChI is InChI=1S/C71H98N8O17/c1-10-57(82)46(6)63-58(93-63)40-70(8,90)30-15-17-44(4)62-45(5)23-28-59(71(9,96-47(7)80)31-29-50(81)39-60(83)95-62)94-69(89)79-37-35-78(36-38-79)34-33-74-67(87)91-41-48-24-26-49(27-25-48)75-64(84)56(22-16-32-73-66(72)86)76-65(85)61(43(2)3)77-68(88)92-42-55-53-20-13-11-18-51(53)52-19-12-14-21-54(52)55/h11-15,17-21,23-28,30,43,45-46,50,55-59,61-63,81-82,90H,10,16,22,29,31-42H2,1-9H3,(H,74,87)(H,75,84)(H,76,85)(H,77,88)(H3,72,73,86)/b28-23+,30-15+,44-17+/t45-,46+,50+,56-,57-,58+,59-,61-,62+,63+,70-,71+/m0/s1. The second-order valence-corrected chi connectivity index (χ2v) is 26.3. The first kappa shape index (κ1) is 75.0. The zero-order valence-corrected chi connectivity index (χ0v) is 56.6. The molecule has 524 valence electrons. The van der Waals surface area contributed by atoms with Crippen molar-refractivity contribution < 1.29 is 82.1 Å². The third-order valence-electron chi connectivity index (χ3n) is 18.0. The molecule has 4 aliphatic rings. The van der Waals surface area contributed by atoms with Gasteiger partial charge in [-0.15, -0.1) is 0 Å². The molecule has 7 amide bonds. The van der Waals surface area contributed by atoms with E-state index in [1.165, 1.54) is 11.8 Å². The van der Waals surface area contributed by atoms with Crippen LogP contribution < -0.4 is 32.3 Å². The minimum absolute atomic E-state index is 0.00911. The molecular formula is C71H98N8O17. The number of primary amides is 1. The number of nitrogens with two attached hydrogens (primary N) is 1. The number of ether oxygens (including phenoxy) is 6. The van der Waals surface area contributed by atoms with Crippen LogP contribution in [0.1, 0.15) is 130 Å². The van der Waals surface area contributed by atoms with Crippen molar-refractivity contribution in [2.75, 3.05) is 57.7 Å². The van der Waals surface area contributed by atoms with Crippen LogP contribution >= 0.6 is 0 Å². The number of amides is 7. The highest BCUT2D eigenvalue weighted by Gasteiger charge is 2.47. The van der Waals surface area contributed by atoms with Gasteiger partial charge in [0.1, 0.15) is 37.0 Å². The Morgan fingerprint density at radius 1 is 0.865 bits per heavy atom. The summed E-state index contributed by atoms with van der Waals surface area (Å²) in [6.45, 7) is 17.7. The van der Waals surface area contributed by atoms with Gasteiger partial charge in [0.2, 0.25) is 11.8 Å². The lowest BCUT2D eigenvalue weighted by molar-refractivity contribution is -0.168. The summed E-state index contributed by atoms with van der Waals surface area (Å²) in [6, 6.07) is 19.5. The Labute approximate surface area is 562 Å². The van der Waals surface area contributed by atoms with E-state index in [9.17, 15) is 53.7 Å². The number of benzene rings is 3. The number of esters is 2. The van der Waals surface area contributed by atoms with Gasteiger partial charge >= 0.3 is 36.2 Å². The average Bonchev–Trinajstić information content (AvgIpc) is 1.64. The van der Waals surface area contributed by atoms with Crippen LogP contribution in [0.5, 0.6) is 0 Å². The smallest absolute Gasteiger partial charge is 0.410 e. The third-order valence-corrected chi connectivity index (χ3v) is 18.0. The molecule has 0 spiro atoms. The Morgan fingerprint density at radius 3 is 2.17 bits per heavy atom. The molecule has 10 N–H and O–H groups in total. The number of allylic oxidation sites excluding steroid dienone is 2. The van der Waals surface area contributed by atoms with Crippen molar-refractivity contribution in [2.45, 2.75) is 180 Å². The van der Waals surface area contributed by atoms with Gasteiger partial charge in [0.25, 0.3) is 0 Å². The fourth-order valence-corrected chi connectivity index (χ4v) is 12.3. The predicted molar refractivity (Wildman–Crippen MR) is 358 cm³/mol. The zero-order chi connectivity index (χ0) is 69.9. The largest absolute Gasteiger partial charge is 0.457 e. The molecule has 25 heteroatoms. The molecule has 7 rings (SSSR count). The average molecular weight is 1340 g/mol. The van der Waals surface area contributed by atoms with Crippen molar-refractivity contribution in [3.05, 3.63) is 125 Å². The summed E-state index contributed by atoms with van der Waals surface area (Å²) in [7, 11) is 0. The highest BCUT2D eigenvalue weighted by atomic mass is 16.6. The number of fused-ring (bicyclic) bond motifs is 3. The van der Waals surface area contributed by atoms with E-state index in [0.717, 1.165) is 22.3 Å². The number of urea groups is 1. The molecule has 3 aliphatic heterocycles. The molecule has 0 aromatic heterocycles. The summed E-state index contributed by atoms with van der Waals surface area (Å²) in [4.78, 5) is 109. The van der Waals surface area contributed by atoms with Crippen LogP contribution in [0.15, 0.2) is 109 Å². The van der Waals surface area contributed by atoms with Crippen LogP contribution in [-0.4, -0.2) is 186 Å². The van der Waals surface area contributed by atoms with Crippen molar-refractivity contribution >= 4 is 53.8 Å². The summed E-state index contributed by atoms with van der Waals surface area (Å²) in [6.07, 6.45) is 3.30. The number of carbonyl (C=O) groups is 8. The minimum Gasteiger partial charge on any atom is -0.457 e. The van der Waals surface area contributed by atoms with Crippen LogP contribution in [0, 0.1) is 17.8 Å². The molecule has 0 unspecified atom stereocenters. The van der Waals surface area contributed by atoms with Gasteiger partial charge in [-0.25, -0.2) is 19.2 Å². The number of aliphatic hydroxyl groups excluding tert-OH is 2. The molecule has 3 aromatic rings. The fourth-order valence-electron chi connectivity index (χ4n) is 12.3. The first-order valence-corrected chi connectivity index (χ1v) is 33.2. The molecule has 1 aliphatic carbocycles. The van der Waals surface area contributed by atoms with Crippen LogP contribution in [0.25, 0.3) is 11.1 Å². The molecular weight excluding hydrogens is 1240 g/mol. The topological polar surface area (TPSA) is 349 Å². The zero-order valence-electron chi connectivity index (χ0n) is 56.6. The lowest BCUT2D eigenvalue weighted by Crippen LogP contribution is -2.54. The second-order valence-electron chi connectivity index (χ2n) is 26.3.